The average Bonchev–Trinajstić information content (AvgIpc) is 2.86. The first-order chi connectivity index (χ1) is 12.9. The number of hydrogen-bond acceptors (Lipinski definition) is 4. The molecule has 2 aromatic carbocycles. The smallest absolute Gasteiger partial charge is 0.323 e. The van der Waals surface area contributed by atoms with Gasteiger partial charge in [-0.25, -0.2) is 4.79 Å². The molecule has 4 amide bonds. The van der Waals surface area contributed by atoms with Crippen molar-refractivity contribution in [2.45, 2.75) is 19.9 Å². The molecule has 1 saturated heterocycles. The molecular formula is C20H18N4O3. The highest BCUT2D eigenvalue weighted by Crippen LogP contribution is 2.26. The molecule has 0 spiro atoms. The van der Waals surface area contributed by atoms with Gasteiger partial charge in [-0.2, -0.15) is 5.26 Å². The van der Waals surface area contributed by atoms with E-state index >= 15 is 0 Å². The van der Waals surface area contributed by atoms with Crippen LogP contribution in [0.15, 0.2) is 48.5 Å². The van der Waals surface area contributed by atoms with Crippen molar-refractivity contribution in [2.75, 3.05) is 16.8 Å². The normalized spacial score (nSPS) is 16.4. The number of urea groups is 1. The van der Waals surface area contributed by atoms with Crippen LogP contribution < -0.4 is 10.2 Å². The molecule has 7 heteroatoms. The minimum atomic E-state index is -0.695. The van der Waals surface area contributed by atoms with E-state index in [0.29, 0.717) is 16.9 Å². The SMILES string of the molecule is Cc1ccc(N2C(=O)N(CC(=O)Nc3ccccc3C#N)C(=O)[C@H]2C)cc1. The Morgan fingerprint density at radius 3 is 2.48 bits per heavy atom. The first-order valence-electron chi connectivity index (χ1n) is 8.42. The van der Waals surface area contributed by atoms with Crippen LogP contribution in [-0.4, -0.2) is 35.3 Å². The number of nitrogens with one attached hydrogen (secondary N) is 1. The van der Waals surface area contributed by atoms with Gasteiger partial charge in [0.1, 0.15) is 18.7 Å². The fourth-order valence-corrected chi connectivity index (χ4v) is 2.93. The van der Waals surface area contributed by atoms with E-state index in [1.165, 1.54) is 4.90 Å². The summed E-state index contributed by atoms with van der Waals surface area (Å²) < 4.78 is 0. The van der Waals surface area contributed by atoms with E-state index < -0.39 is 30.4 Å². The van der Waals surface area contributed by atoms with Gasteiger partial charge < -0.3 is 5.32 Å². The molecule has 1 atom stereocenters. The van der Waals surface area contributed by atoms with Gasteiger partial charge in [0.05, 0.1) is 11.3 Å². The van der Waals surface area contributed by atoms with Gasteiger partial charge in [0.2, 0.25) is 5.91 Å². The Kier molecular flexibility index (Phi) is 4.90. The van der Waals surface area contributed by atoms with Crippen LogP contribution in [-0.2, 0) is 9.59 Å². The first kappa shape index (κ1) is 18.1. The minimum Gasteiger partial charge on any atom is -0.323 e. The lowest BCUT2D eigenvalue weighted by Crippen LogP contribution is -2.39. The summed E-state index contributed by atoms with van der Waals surface area (Å²) in [6.45, 7) is 3.15. The second-order valence-electron chi connectivity index (χ2n) is 6.29. The molecule has 0 radical (unpaired) electrons. The zero-order valence-electron chi connectivity index (χ0n) is 15.0. The van der Waals surface area contributed by atoms with Crippen molar-refractivity contribution in [1.29, 1.82) is 5.26 Å². The third-order valence-electron chi connectivity index (χ3n) is 4.38. The fraction of sp³-hybridized carbons (Fsp3) is 0.200. The summed E-state index contributed by atoms with van der Waals surface area (Å²) in [4.78, 5) is 39.9. The number of nitriles is 1. The Bertz CT molecular complexity index is 946. The zero-order valence-corrected chi connectivity index (χ0v) is 15.0. The van der Waals surface area contributed by atoms with Crippen LogP contribution in [0.1, 0.15) is 18.1 Å². The summed E-state index contributed by atoms with van der Waals surface area (Å²) in [5.41, 5.74) is 2.29. The lowest BCUT2D eigenvalue weighted by atomic mass is 10.2. The Hall–Kier alpha value is -3.66. The number of rotatable bonds is 4. The van der Waals surface area contributed by atoms with Gasteiger partial charge in [0.25, 0.3) is 5.91 Å². The van der Waals surface area contributed by atoms with Crippen LogP contribution in [0.2, 0.25) is 0 Å². The lowest BCUT2D eigenvalue weighted by Gasteiger charge is -2.19. The summed E-state index contributed by atoms with van der Waals surface area (Å²) in [6.07, 6.45) is 0. The van der Waals surface area contributed by atoms with E-state index in [-0.39, 0.29) is 0 Å². The van der Waals surface area contributed by atoms with Crippen molar-refractivity contribution in [1.82, 2.24) is 4.90 Å². The number of benzene rings is 2. The van der Waals surface area contributed by atoms with Gasteiger partial charge in [-0.1, -0.05) is 29.8 Å². The maximum atomic E-state index is 12.7. The van der Waals surface area contributed by atoms with Gasteiger partial charge in [-0.05, 0) is 38.1 Å². The Labute approximate surface area is 156 Å². The van der Waals surface area contributed by atoms with Gasteiger partial charge >= 0.3 is 6.03 Å². The van der Waals surface area contributed by atoms with Crippen molar-refractivity contribution < 1.29 is 14.4 Å². The van der Waals surface area contributed by atoms with Gasteiger partial charge in [-0.15, -0.1) is 0 Å². The standard InChI is InChI=1S/C20H18N4O3/c1-13-7-9-16(10-8-13)24-14(2)19(26)23(20(24)27)12-18(25)22-17-6-4-3-5-15(17)11-21/h3-10,14H,12H2,1-2H3,(H,22,25)/t14-/m1/s1. The van der Waals surface area contributed by atoms with Crippen LogP contribution in [0.25, 0.3) is 0 Å². The molecular weight excluding hydrogens is 344 g/mol. The Balaban J connectivity index is 1.76. The number of anilines is 2. The van der Waals surface area contributed by atoms with Crippen molar-refractivity contribution in [3.8, 4) is 6.07 Å². The van der Waals surface area contributed by atoms with E-state index in [4.69, 9.17) is 5.26 Å². The average molecular weight is 362 g/mol. The quantitative estimate of drug-likeness (QED) is 0.846. The minimum absolute atomic E-state index is 0.305. The third-order valence-corrected chi connectivity index (χ3v) is 4.38. The molecule has 0 aliphatic carbocycles. The predicted octanol–water partition coefficient (Wildman–Crippen LogP) is 2.66. The van der Waals surface area contributed by atoms with Crippen LogP contribution in [0.4, 0.5) is 16.2 Å². The second kappa shape index (κ2) is 7.30. The second-order valence-corrected chi connectivity index (χ2v) is 6.29. The van der Waals surface area contributed by atoms with Gasteiger partial charge in [0, 0.05) is 5.69 Å². The number of carbonyl (C=O) groups excluding carboxylic acids is 3. The number of carbonyl (C=O) groups is 3. The highest BCUT2D eigenvalue weighted by molar-refractivity contribution is 6.16. The Morgan fingerprint density at radius 1 is 1.15 bits per heavy atom. The molecule has 0 saturated carbocycles. The highest BCUT2D eigenvalue weighted by Gasteiger charge is 2.44. The van der Waals surface area contributed by atoms with Crippen molar-refractivity contribution in [2.24, 2.45) is 0 Å². The number of para-hydroxylation sites is 1. The van der Waals surface area contributed by atoms with Crippen molar-refractivity contribution >= 4 is 29.2 Å². The number of aryl methyl sites for hydroxylation is 1. The molecule has 1 fully saturated rings. The molecule has 1 N–H and O–H groups in total. The highest BCUT2D eigenvalue weighted by atomic mass is 16.2. The summed E-state index contributed by atoms with van der Waals surface area (Å²) in [7, 11) is 0. The maximum absolute atomic E-state index is 12.7. The Morgan fingerprint density at radius 2 is 1.81 bits per heavy atom. The maximum Gasteiger partial charge on any atom is 0.332 e. The largest absolute Gasteiger partial charge is 0.332 e. The molecule has 0 aromatic heterocycles. The summed E-state index contributed by atoms with van der Waals surface area (Å²) >= 11 is 0. The third kappa shape index (κ3) is 3.51. The van der Waals surface area contributed by atoms with E-state index in [1.54, 1.807) is 43.3 Å². The van der Waals surface area contributed by atoms with Crippen LogP contribution in [0, 0.1) is 18.3 Å². The molecule has 0 unspecified atom stereocenters. The monoisotopic (exact) mass is 362 g/mol. The molecule has 136 valence electrons. The molecule has 1 aliphatic heterocycles. The lowest BCUT2D eigenvalue weighted by molar-refractivity contribution is -0.130. The van der Waals surface area contributed by atoms with Crippen LogP contribution >= 0.6 is 0 Å². The van der Waals surface area contributed by atoms with Crippen molar-refractivity contribution in [3.63, 3.8) is 0 Å². The van der Waals surface area contributed by atoms with Crippen LogP contribution in [0.3, 0.4) is 0 Å². The van der Waals surface area contributed by atoms with E-state index in [2.05, 4.69) is 5.32 Å². The number of nitrogens with zero attached hydrogens (tertiary/aromatic N) is 3. The van der Waals surface area contributed by atoms with E-state index in [9.17, 15) is 14.4 Å². The predicted molar refractivity (Wildman–Crippen MR) is 100 cm³/mol. The van der Waals surface area contributed by atoms with Gasteiger partial charge in [0.15, 0.2) is 0 Å². The molecule has 2 aromatic rings. The van der Waals surface area contributed by atoms with Crippen LogP contribution in [0.5, 0.6) is 0 Å². The molecule has 7 nitrogen and oxygen atoms in total. The summed E-state index contributed by atoms with van der Waals surface area (Å²) in [5, 5.41) is 11.7. The molecule has 3 rings (SSSR count). The number of imide groups is 1. The molecule has 1 aliphatic rings. The number of hydrogen-bond donors (Lipinski definition) is 1. The molecule has 27 heavy (non-hydrogen) atoms. The summed E-state index contributed by atoms with van der Waals surface area (Å²) in [6, 6.07) is 14.5. The summed E-state index contributed by atoms with van der Waals surface area (Å²) in [5.74, 6) is -0.985. The fourth-order valence-electron chi connectivity index (χ4n) is 2.93. The topological polar surface area (TPSA) is 93.5 Å². The van der Waals surface area contributed by atoms with E-state index in [1.807, 2.05) is 25.1 Å². The number of amides is 4. The van der Waals surface area contributed by atoms with E-state index in [0.717, 1.165) is 10.5 Å². The first-order valence-corrected chi connectivity index (χ1v) is 8.42. The van der Waals surface area contributed by atoms with Gasteiger partial charge in [-0.3, -0.25) is 19.4 Å². The zero-order chi connectivity index (χ0) is 19.6. The molecule has 0 bridgehead atoms. The molecule has 1 heterocycles. The van der Waals surface area contributed by atoms with Crippen molar-refractivity contribution in [3.05, 3.63) is 59.7 Å².